The fraction of sp³-hybridized carbons (Fsp3) is 0.0588. The molecule has 0 unspecified atom stereocenters. The molecule has 134 valence electrons. The molecule has 4 aromatic rings. The first-order valence-electron chi connectivity index (χ1n) is 7.39. The zero-order chi connectivity index (χ0) is 19.5. The molecule has 2 aromatic carbocycles. The third kappa shape index (κ3) is 2.43. The van der Waals surface area contributed by atoms with Gasteiger partial charge >= 0.3 is 6.18 Å². The molecule has 0 amide bonds. The molecule has 0 bridgehead atoms. The molecule has 0 aliphatic rings. The number of fused-ring (bicyclic) bond motifs is 4. The Labute approximate surface area is 151 Å². The summed E-state index contributed by atoms with van der Waals surface area (Å²) in [6.07, 6.45) is -4.60. The standard InChI is InChI=1S/C17H6F3N3O3S/c18-17(19,20)8-1-4-14-13(5-8)22-15(24)11-6-9(23(25)26)2-3-10(11)12(7-21)16(22)27-14/h1-6H. The van der Waals surface area contributed by atoms with Crippen LogP contribution < -0.4 is 5.56 Å². The van der Waals surface area contributed by atoms with Gasteiger partial charge in [-0.2, -0.15) is 18.4 Å². The van der Waals surface area contributed by atoms with E-state index in [-0.39, 0.29) is 32.4 Å². The number of hydrogen-bond donors (Lipinski definition) is 0. The SMILES string of the molecule is N#Cc1c2ccc([N+](=O)[O-])cc2c(=O)n2c1sc1ccc(C(F)(F)F)cc12. The number of halogens is 3. The second kappa shape index (κ2) is 5.52. The molecule has 27 heavy (non-hydrogen) atoms. The van der Waals surface area contributed by atoms with Crippen LogP contribution in [-0.2, 0) is 6.18 Å². The Hall–Kier alpha value is -3.45. The second-order valence-corrected chi connectivity index (χ2v) is 6.73. The minimum atomic E-state index is -4.60. The monoisotopic (exact) mass is 389 g/mol. The van der Waals surface area contributed by atoms with Crippen molar-refractivity contribution < 1.29 is 18.1 Å². The third-order valence-corrected chi connectivity index (χ3v) is 5.32. The first-order valence-corrected chi connectivity index (χ1v) is 8.21. The molecule has 0 aliphatic heterocycles. The van der Waals surface area contributed by atoms with Crippen LogP contribution in [0.25, 0.3) is 25.8 Å². The highest BCUT2D eigenvalue weighted by Crippen LogP contribution is 2.36. The zero-order valence-corrected chi connectivity index (χ0v) is 13.9. The summed E-state index contributed by atoms with van der Waals surface area (Å²) in [7, 11) is 0. The minimum Gasteiger partial charge on any atom is -0.268 e. The van der Waals surface area contributed by atoms with Gasteiger partial charge < -0.3 is 0 Å². The Morgan fingerprint density at radius 2 is 1.89 bits per heavy atom. The number of thiazole rings is 1. The van der Waals surface area contributed by atoms with Gasteiger partial charge in [0.25, 0.3) is 11.2 Å². The van der Waals surface area contributed by atoms with Crippen molar-refractivity contribution in [3.63, 3.8) is 0 Å². The zero-order valence-electron chi connectivity index (χ0n) is 13.1. The van der Waals surface area contributed by atoms with Crippen LogP contribution in [0.15, 0.2) is 41.2 Å². The predicted molar refractivity (Wildman–Crippen MR) is 92.9 cm³/mol. The maximum atomic E-state index is 13.1. The van der Waals surface area contributed by atoms with Gasteiger partial charge in [-0.25, -0.2) is 0 Å². The number of benzene rings is 2. The molecule has 0 aliphatic carbocycles. The summed E-state index contributed by atoms with van der Waals surface area (Å²) in [5.74, 6) is 0. The summed E-state index contributed by atoms with van der Waals surface area (Å²) in [6, 6.07) is 8.44. The molecule has 2 heterocycles. The van der Waals surface area contributed by atoms with Crippen molar-refractivity contribution in [1.29, 1.82) is 5.26 Å². The van der Waals surface area contributed by atoms with E-state index in [9.17, 15) is 33.3 Å². The van der Waals surface area contributed by atoms with Crippen molar-refractivity contribution in [3.05, 3.63) is 68.0 Å². The van der Waals surface area contributed by atoms with Crippen molar-refractivity contribution in [2.45, 2.75) is 6.18 Å². The van der Waals surface area contributed by atoms with E-state index < -0.39 is 22.2 Å². The van der Waals surface area contributed by atoms with E-state index in [1.807, 2.05) is 6.07 Å². The van der Waals surface area contributed by atoms with Gasteiger partial charge in [-0.3, -0.25) is 19.3 Å². The summed E-state index contributed by atoms with van der Waals surface area (Å²) >= 11 is 1.01. The fourth-order valence-corrected chi connectivity index (χ4v) is 4.09. The van der Waals surface area contributed by atoms with E-state index in [1.165, 1.54) is 18.2 Å². The number of nitro groups is 1. The smallest absolute Gasteiger partial charge is 0.268 e. The van der Waals surface area contributed by atoms with Crippen molar-refractivity contribution in [1.82, 2.24) is 4.40 Å². The molecule has 0 N–H and O–H groups in total. The predicted octanol–water partition coefficient (Wildman–Crippen LogP) is 4.47. The summed E-state index contributed by atoms with van der Waals surface area (Å²) in [4.78, 5) is 23.4. The van der Waals surface area contributed by atoms with E-state index in [0.29, 0.717) is 4.70 Å². The Morgan fingerprint density at radius 3 is 2.52 bits per heavy atom. The Balaban J connectivity index is 2.24. The maximum Gasteiger partial charge on any atom is 0.416 e. The van der Waals surface area contributed by atoms with Crippen LogP contribution in [0.1, 0.15) is 11.1 Å². The van der Waals surface area contributed by atoms with Gasteiger partial charge in [0.15, 0.2) is 0 Å². The normalized spacial score (nSPS) is 11.9. The average molecular weight is 389 g/mol. The number of pyridine rings is 1. The van der Waals surface area contributed by atoms with Gasteiger partial charge in [-0.1, -0.05) is 0 Å². The van der Waals surface area contributed by atoms with Gasteiger partial charge in [0.1, 0.15) is 10.9 Å². The average Bonchev–Trinajstić information content (AvgIpc) is 2.99. The highest BCUT2D eigenvalue weighted by atomic mass is 32.1. The molecule has 0 saturated heterocycles. The van der Waals surface area contributed by atoms with E-state index in [1.54, 1.807) is 0 Å². The fourth-order valence-electron chi connectivity index (χ4n) is 2.96. The van der Waals surface area contributed by atoms with Crippen LogP contribution >= 0.6 is 11.3 Å². The summed E-state index contributed by atoms with van der Waals surface area (Å²) in [5, 5.41) is 20.7. The Kier molecular flexibility index (Phi) is 3.47. The first-order chi connectivity index (χ1) is 12.7. The number of aromatic nitrogens is 1. The number of alkyl halides is 3. The Morgan fingerprint density at radius 1 is 1.15 bits per heavy atom. The number of nitro benzene ring substituents is 1. The van der Waals surface area contributed by atoms with E-state index >= 15 is 0 Å². The molecule has 0 saturated carbocycles. The van der Waals surface area contributed by atoms with Crippen molar-refractivity contribution in [2.24, 2.45) is 0 Å². The van der Waals surface area contributed by atoms with Crippen molar-refractivity contribution in [2.75, 3.05) is 0 Å². The maximum absolute atomic E-state index is 13.1. The second-order valence-electron chi connectivity index (χ2n) is 5.70. The van der Waals surface area contributed by atoms with Gasteiger partial charge in [0.05, 0.1) is 31.7 Å². The summed E-state index contributed by atoms with van der Waals surface area (Å²) in [6.45, 7) is 0. The lowest BCUT2D eigenvalue weighted by Crippen LogP contribution is -2.14. The molecule has 2 aromatic heterocycles. The number of nitriles is 1. The quantitative estimate of drug-likeness (QED) is 0.355. The summed E-state index contributed by atoms with van der Waals surface area (Å²) in [5.41, 5.74) is -1.92. The van der Waals surface area contributed by atoms with Gasteiger partial charge in [-0.15, -0.1) is 11.3 Å². The molecule has 0 radical (unpaired) electrons. The van der Waals surface area contributed by atoms with E-state index in [4.69, 9.17) is 0 Å². The van der Waals surface area contributed by atoms with Crippen LogP contribution in [0.4, 0.5) is 18.9 Å². The largest absolute Gasteiger partial charge is 0.416 e. The molecule has 0 fully saturated rings. The van der Waals surface area contributed by atoms with Crippen LogP contribution in [0.2, 0.25) is 0 Å². The number of nitrogens with zero attached hydrogens (tertiary/aromatic N) is 3. The highest BCUT2D eigenvalue weighted by molar-refractivity contribution is 7.24. The van der Waals surface area contributed by atoms with Gasteiger partial charge in [0.2, 0.25) is 0 Å². The van der Waals surface area contributed by atoms with Crippen molar-refractivity contribution in [3.8, 4) is 6.07 Å². The number of hydrogen-bond acceptors (Lipinski definition) is 5. The van der Waals surface area contributed by atoms with Crippen LogP contribution in [0, 0.1) is 21.4 Å². The lowest BCUT2D eigenvalue weighted by molar-refractivity contribution is -0.384. The third-order valence-electron chi connectivity index (χ3n) is 4.18. The molecule has 6 nitrogen and oxygen atoms in total. The summed E-state index contributed by atoms with van der Waals surface area (Å²) < 4.78 is 40.6. The number of rotatable bonds is 1. The van der Waals surface area contributed by atoms with Crippen LogP contribution in [0.3, 0.4) is 0 Å². The molecular weight excluding hydrogens is 383 g/mol. The molecule has 10 heteroatoms. The van der Waals surface area contributed by atoms with E-state index in [0.717, 1.165) is 33.9 Å². The highest BCUT2D eigenvalue weighted by Gasteiger charge is 2.31. The first kappa shape index (κ1) is 17.0. The molecule has 0 atom stereocenters. The number of non-ortho nitro benzene ring substituents is 1. The topological polar surface area (TPSA) is 88.4 Å². The van der Waals surface area contributed by atoms with Crippen LogP contribution in [0.5, 0.6) is 0 Å². The Bertz CT molecular complexity index is 1380. The lowest BCUT2D eigenvalue weighted by atomic mass is 10.1. The van der Waals surface area contributed by atoms with Gasteiger partial charge in [-0.05, 0) is 24.3 Å². The molecule has 4 rings (SSSR count). The minimum absolute atomic E-state index is 0.000249. The van der Waals surface area contributed by atoms with Crippen molar-refractivity contribution >= 4 is 42.8 Å². The molecular formula is C17H6F3N3O3S. The van der Waals surface area contributed by atoms with Crippen LogP contribution in [-0.4, -0.2) is 9.32 Å². The lowest BCUT2D eigenvalue weighted by Gasteiger charge is -2.07. The molecule has 0 spiro atoms. The van der Waals surface area contributed by atoms with E-state index in [2.05, 4.69) is 0 Å². The van der Waals surface area contributed by atoms with Gasteiger partial charge in [0, 0.05) is 17.5 Å².